The van der Waals surface area contributed by atoms with Gasteiger partial charge in [-0.2, -0.15) is 0 Å². The number of furan rings is 1. The van der Waals surface area contributed by atoms with Crippen molar-refractivity contribution in [2.75, 3.05) is 0 Å². The summed E-state index contributed by atoms with van der Waals surface area (Å²) in [6, 6.07) is 37.9. The molecule has 34 heavy (non-hydrogen) atoms. The lowest BCUT2D eigenvalue weighted by Gasteiger charge is -2.32. The predicted molar refractivity (Wildman–Crippen MR) is 139 cm³/mol. The molecule has 0 bridgehead atoms. The summed E-state index contributed by atoms with van der Waals surface area (Å²) in [6.07, 6.45) is 1.01. The van der Waals surface area contributed by atoms with Gasteiger partial charge in [0, 0.05) is 10.8 Å². The second-order valence-corrected chi connectivity index (χ2v) is 9.49. The molecule has 1 aromatic heterocycles. The maximum atomic E-state index is 6.33. The summed E-state index contributed by atoms with van der Waals surface area (Å²) in [5, 5.41) is 2.42. The van der Waals surface area contributed by atoms with Crippen molar-refractivity contribution in [1.29, 1.82) is 0 Å². The molecule has 1 spiro atoms. The molecule has 0 fully saturated rings. The summed E-state index contributed by atoms with van der Waals surface area (Å²) in [6.45, 7) is 2.28. The Kier molecular flexibility index (Phi) is 3.38. The Morgan fingerprint density at radius 3 is 2.15 bits per heavy atom. The van der Waals surface area contributed by atoms with Gasteiger partial charge in [-0.25, -0.2) is 0 Å². The topological polar surface area (TPSA) is 13.1 Å². The average Bonchev–Trinajstić information content (AvgIpc) is 3.52. The normalized spacial score (nSPS) is 17.2. The van der Waals surface area contributed by atoms with Crippen LogP contribution in [0.2, 0.25) is 0 Å². The molecule has 6 aromatic rings. The molecule has 0 N–H and O–H groups in total. The quantitative estimate of drug-likeness (QED) is 0.252. The highest BCUT2D eigenvalue weighted by Crippen LogP contribution is 2.64. The summed E-state index contributed by atoms with van der Waals surface area (Å²) >= 11 is 0. The molecule has 1 atom stereocenters. The lowest BCUT2D eigenvalue weighted by Crippen LogP contribution is -2.27. The molecule has 0 amide bonds. The largest absolute Gasteiger partial charge is 0.456 e. The molecule has 0 saturated carbocycles. The third-order valence-electron chi connectivity index (χ3n) is 8.08. The molecular weight excluding hydrogens is 412 g/mol. The van der Waals surface area contributed by atoms with E-state index < -0.39 is 0 Å². The van der Waals surface area contributed by atoms with Crippen LogP contribution in [0, 0.1) is 0 Å². The van der Waals surface area contributed by atoms with Gasteiger partial charge in [-0.15, -0.1) is 0 Å². The van der Waals surface area contributed by atoms with Gasteiger partial charge in [-0.3, -0.25) is 0 Å². The van der Waals surface area contributed by atoms with E-state index >= 15 is 0 Å². The molecule has 1 nitrogen and oxygen atoms in total. The molecule has 160 valence electrons. The van der Waals surface area contributed by atoms with Gasteiger partial charge in [0.15, 0.2) is 0 Å². The van der Waals surface area contributed by atoms with E-state index in [2.05, 4.69) is 110 Å². The number of para-hydroxylation sites is 1. The molecule has 8 rings (SSSR count). The van der Waals surface area contributed by atoms with Crippen molar-refractivity contribution in [3.8, 4) is 22.3 Å². The molecule has 0 saturated heterocycles. The van der Waals surface area contributed by atoms with Crippen LogP contribution in [0.5, 0.6) is 0 Å². The summed E-state index contributed by atoms with van der Waals surface area (Å²) in [5.74, 6) is 0. The second kappa shape index (κ2) is 6.27. The van der Waals surface area contributed by atoms with Crippen LogP contribution in [0.3, 0.4) is 0 Å². The van der Waals surface area contributed by atoms with Crippen molar-refractivity contribution in [3.63, 3.8) is 0 Å². The first-order valence-electron chi connectivity index (χ1n) is 12.1. The fourth-order valence-electron chi connectivity index (χ4n) is 6.88. The van der Waals surface area contributed by atoms with E-state index in [9.17, 15) is 0 Å². The third kappa shape index (κ3) is 1.94. The van der Waals surface area contributed by atoms with Crippen LogP contribution < -0.4 is 0 Å². The Morgan fingerprint density at radius 1 is 0.588 bits per heavy atom. The lowest BCUT2D eigenvalue weighted by atomic mass is 9.69. The number of hydrogen-bond donors (Lipinski definition) is 0. The van der Waals surface area contributed by atoms with Crippen molar-refractivity contribution < 1.29 is 4.42 Å². The maximum Gasteiger partial charge on any atom is 0.136 e. The minimum Gasteiger partial charge on any atom is -0.456 e. The monoisotopic (exact) mass is 434 g/mol. The van der Waals surface area contributed by atoms with E-state index in [1.165, 1.54) is 60.8 Å². The minimum absolute atomic E-state index is 0.309. The fourth-order valence-corrected chi connectivity index (χ4v) is 6.88. The standard InChI is InChI=1S/C33H22O/c1-2-20-10-9-14-22-21-11-3-6-15-25(21)33(32(20)22)26-16-7-4-12-23(26)30-27(33)18-19-29-31(30)24-13-5-8-17-28(24)34-29/h3-19H,2H2,1H3. The van der Waals surface area contributed by atoms with E-state index in [0.717, 1.165) is 17.6 Å². The Morgan fingerprint density at radius 2 is 1.29 bits per heavy atom. The number of fused-ring (bicyclic) bond motifs is 14. The van der Waals surface area contributed by atoms with Gasteiger partial charge in [0.05, 0.1) is 5.41 Å². The van der Waals surface area contributed by atoms with Gasteiger partial charge < -0.3 is 4.42 Å². The fraction of sp³-hybridized carbons (Fsp3) is 0.0909. The predicted octanol–water partition coefficient (Wildman–Crippen LogP) is 8.49. The number of benzene rings is 5. The van der Waals surface area contributed by atoms with Gasteiger partial charge in [0.25, 0.3) is 0 Å². The van der Waals surface area contributed by atoms with Gasteiger partial charge in [-0.1, -0.05) is 97.9 Å². The van der Waals surface area contributed by atoms with Crippen LogP contribution in [0.4, 0.5) is 0 Å². The van der Waals surface area contributed by atoms with E-state index in [-0.39, 0.29) is 5.41 Å². The third-order valence-corrected chi connectivity index (χ3v) is 8.08. The van der Waals surface area contributed by atoms with Gasteiger partial charge in [0.1, 0.15) is 11.2 Å². The van der Waals surface area contributed by atoms with Crippen LogP contribution in [-0.2, 0) is 11.8 Å². The lowest BCUT2D eigenvalue weighted by molar-refractivity contribution is 0.668. The summed E-state index contributed by atoms with van der Waals surface area (Å²) in [5.41, 5.74) is 14.0. The van der Waals surface area contributed by atoms with Crippen molar-refractivity contribution in [2.24, 2.45) is 0 Å². The zero-order valence-electron chi connectivity index (χ0n) is 18.9. The molecule has 0 aliphatic heterocycles. The first kappa shape index (κ1) is 18.3. The average molecular weight is 435 g/mol. The highest BCUT2D eigenvalue weighted by Gasteiger charge is 2.53. The highest BCUT2D eigenvalue weighted by atomic mass is 16.3. The molecule has 2 aliphatic carbocycles. The molecule has 1 unspecified atom stereocenters. The van der Waals surface area contributed by atoms with Gasteiger partial charge >= 0.3 is 0 Å². The zero-order valence-corrected chi connectivity index (χ0v) is 18.9. The number of aryl methyl sites for hydroxylation is 1. The summed E-state index contributed by atoms with van der Waals surface area (Å²) in [7, 11) is 0. The zero-order chi connectivity index (χ0) is 22.4. The first-order valence-corrected chi connectivity index (χ1v) is 12.1. The van der Waals surface area contributed by atoms with E-state index in [0.29, 0.717) is 0 Å². The smallest absolute Gasteiger partial charge is 0.136 e. The van der Waals surface area contributed by atoms with E-state index in [1.807, 2.05) is 0 Å². The number of rotatable bonds is 1. The van der Waals surface area contributed by atoms with Crippen LogP contribution in [0.1, 0.15) is 34.7 Å². The Labute approximate surface area is 198 Å². The van der Waals surface area contributed by atoms with Crippen LogP contribution in [-0.4, -0.2) is 0 Å². The van der Waals surface area contributed by atoms with Gasteiger partial charge in [0.2, 0.25) is 0 Å². The maximum absolute atomic E-state index is 6.33. The SMILES string of the molecule is CCc1cccc2c1C1(c3ccccc3-2)c2ccccc2-c2c1ccc1oc3ccccc3c21. The Balaban J connectivity index is 1.65. The van der Waals surface area contributed by atoms with Gasteiger partial charge in [-0.05, 0) is 68.6 Å². The van der Waals surface area contributed by atoms with Crippen LogP contribution in [0.25, 0.3) is 44.2 Å². The van der Waals surface area contributed by atoms with Crippen LogP contribution >= 0.6 is 0 Å². The Bertz CT molecular complexity index is 1800. The molecule has 1 heterocycles. The molecule has 2 aliphatic rings. The van der Waals surface area contributed by atoms with Crippen molar-refractivity contribution in [3.05, 3.63) is 131 Å². The summed E-state index contributed by atoms with van der Waals surface area (Å²) < 4.78 is 6.33. The van der Waals surface area contributed by atoms with E-state index in [4.69, 9.17) is 4.42 Å². The molecule has 1 heteroatoms. The molecular formula is C33H22O. The van der Waals surface area contributed by atoms with Crippen molar-refractivity contribution >= 4 is 21.9 Å². The second-order valence-electron chi connectivity index (χ2n) is 9.49. The highest BCUT2D eigenvalue weighted by molar-refractivity contribution is 6.16. The van der Waals surface area contributed by atoms with E-state index in [1.54, 1.807) is 0 Å². The number of hydrogen-bond acceptors (Lipinski definition) is 1. The molecule has 5 aromatic carbocycles. The minimum atomic E-state index is -0.309. The first-order chi connectivity index (χ1) is 16.8. The Hall–Kier alpha value is -4.10. The van der Waals surface area contributed by atoms with Crippen molar-refractivity contribution in [1.82, 2.24) is 0 Å². The molecule has 0 radical (unpaired) electrons. The van der Waals surface area contributed by atoms with Crippen LogP contribution in [0.15, 0.2) is 108 Å². The summed E-state index contributed by atoms with van der Waals surface area (Å²) in [4.78, 5) is 0. The van der Waals surface area contributed by atoms with Crippen molar-refractivity contribution in [2.45, 2.75) is 18.8 Å².